The van der Waals surface area contributed by atoms with E-state index < -0.39 is 12.8 Å². The van der Waals surface area contributed by atoms with E-state index in [2.05, 4.69) is 10.1 Å². The van der Waals surface area contributed by atoms with Crippen molar-refractivity contribution in [3.8, 4) is 0 Å². The topological polar surface area (TPSA) is 30.5 Å². The lowest BCUT2D eigenvalue weighted by Gasteiger charge is -2.12. The molecule has 0 aliphatic rings. The first-order chi connectivity index (χ1) is 9.03. The smallest absolute Gasteiger partial charge is 0.385 e. The highest BCUT2D eigenvalue weighted by atomic mass is 19.4. The molecule has 1 aromatic rings. The van der Waals surface area contributed by atoms with Crippen molar-refractivity contribution in [2.75, 3.05) is 32.2 Å². The van der Waals surface area contributed by atoms with Gasteiger partial charge in [0.1, 0.15) is 6.61 Å². The Hall–Kier alpha value is -1.27. The van der Waals surface area contributed by atoms with Gasteiger partial charge in [-0.05, 0) is 12.5 Å². The Balaban J connectivity index is 2.22. The Kier molecular flexibility index (Phi) is 6.66. The lowest BCUT2D eigenvalue weighted by molar-refractivity contribution is -0.173. The number of alkyl halides is 3. The highest BCUT2D eigenvalue weighted by Crippen LogP contribution is 2.16. The Bertz CT molecular complexity index is 369. The molecular formula is C13H18F3NO2. The maximum absolute atomic E-state index is 11.8. The average molecular weight is 277 g/mol. The van der Waals surface area contributed by atoms with Crippen LogP contribution in [0.5, 0.6) is 0 Å². The molecule has 0 fully saturated rings. The molecule has 1 N–H and O–H groups in total. The Morgan fingerprint density at radius 3 is 2.63 bits per heavy atom. The molecule has 0 atom stereocenters. The minimum absolute atomic E-state index is 0.0823. The number of benzene rings is 1. The van der Waals surface area contributed by atoms with Gasteiger partial charge in [0.25, 0.3) is 0 Å². The van der Waals surface area contributed by atoms with Crippen LogP contribution in [0.1, 0.15) is 12.0 Å². The van der Waals surface area contributed by atoms with Crippen LogP contribution in [0.25, 0.3) is 0 Å². The second-order valence-electron chi connectivity index (χ2n) is 4.04. The van der Waals surface area contributed by atoms with Crippen LogP contribution < -0.4 is 5.32 Å². The van der Waals surface area contributed by atoms with E-state index in [-0.39, 0.29) is 6.61 Å². The molecule has 6 heteroatoms. The molecule has 0 saturated heterocycles. The van der Waals surface area contributed by atoms with Crippen molar-refractivity contribution in [3.05, 3.63) is 29.8 Å². The van der Waals surface area contributed by atoms with Gasteiger partial charge >= 0.3 is 6.18 Å². The van der Waals surface area contributed by atoms with Crippen LogP contribution in [0.2, 0.25) is 0 Å². The molecule has 3 nitrogen and oxygen atoms in total. The van der Waals surface area contributed by atoms with Gasteiger partial charge in [0.2, 0.25) is 0 Å². The molecule has 0 unspecified atom stereocenters. The Labute approximate surface area is 110 Å². The fourth-order valence-corrected chi connectivity index (χ4v) is 1.56. The van der Waals surface area contributed by atoms with Gasteiger partial charge in [-0.15, -0.1) is 0 Å². The summed E-state index contributed by atoms with van der Waals surface area (Å²) >= 11 is 0. The fraction of sp³-hybridized carbons (Fsp3) is 0.538. The number of methoxy groups -OCH3 is 1. The summed E-state index contributed by atoms with van der Waals surface area (Å²) in [6.45, 7) is -0.0570. The summed E-state index contributed by atoms with van der Waals surface area (Å²) in [5, 5.41) is 3.15. The SMILES string of the molecule is COCc1ccccc1NCCCOCC(F)(F)F. The van der Waals surface area contributed by atoms with Crippen LogP contribution in [0.15, 0.2) is 24.3 Å². The van der Waals surface area contributed by atoms with Crippen molar-refractivity contribution in [1.82, 2.24) is 0 Å². The van der Waals surface area contributed by atoms with Crippen LogP contribution in [0.3, 0.4) is 0 Å². The normalized spacial score (nSPS) is 11.6. The molecule has 0 heterocycles. The standard InChI is InChI=1S/C13H18F3NO2/c1-18-9-11-5-2-3-6-12(11)17-7-4-8-19-10-13(14,15)16/h2-3,5-6,17H,4,7-10H2,1H3. The third kappa shape index (κ3) is 7.03. The van der Waals surface area contributed by atoms with E-state index in [4.69, 9.17) is 4.74 Å². The zero-order valence-corrected chi connectivity index (χ0v) is 10.8. The van der Waals surface area contributed by atoms with Crippen LogP contribution in [-0.4, -0.2) is 33.0 Å². The monoisotopic (exact) mass is 277 g/mol. The molecule has 0 saturated carbocycles. The molecule has 0 aromatic heterocycles. The van der Waals surface area contributed by atoms with Gasteiger partial charge in [0.15, 0.2) is 0 Å². The van der Waals surface area contributed by atoms with Crippen LogP contribution >= 0.6 is 0 Å². The first-order valence-electron chi connectivity index (χ1n) is 5.98. The Morgan fingerprint density at radius 1 is 1.21 bits per heavy atom. The van der Waals surface area contributed by atoms with Crippen LogP contribution in [0.4, 0.5) is 18.9 Å². The van der Waals surface area contributed by atoms with Crippen molar-refractivity contribution >= 4 is 5.69 Å². The minimum Gasteiger partial charge on any atom is -0.385 e. The molecule has 0 aliphatic heterocycles. The highest BCUT2D eigenvalue weighted by molar-refractivity contribution is 5.50. The highest BCUT2D eigenvalue weighted by Gasteiger charge is 2.27. The lowest BCUT2D eigenvalue weighted by atomic mass is 10.2. The van der Waals surface area contributed by atoms with E-state index >= 15 is 0 Å². The number of para-hydroxylation sites is 1. The Morgan fingerprint density at radius 2 is 1.95 bits per heavy atom. The number of rotatable bonds is 8. The van der Waals surface area contributed by atoms with E-state index in [1.54, 1.807) is 7.11 Å². The summed E-state index contributed by atoms with van der Waals surface area (Å²) in [5.41, 5.74) is 1.95. The third-order valence-corrected chi connectivity index (χ3v) is 2.36. The molecule has 108 valence electrons. The average Bonchev–Trinajstić information content (AvgIpc) is 2.34. The molecule has 1 aromatic carbocycles. The summed E-state index contributed by atoms with van der Waals surface area (Å²) in [5.74, 6) is 0. The third-order valence-electron chi connectivity index (χ3n) is 2.36. The summed E-state index contributed by atoms with van der Waals surface area (Å²) in [6, 6.07) is 7.64. The molecule has 0 bridgehead atoms. The minimum atomic E-state index is -4.25. The van der Waals surface area contributed by atoms with Crippen molar-refractivity contribution in [2.45, 2.75) is 19.2 Å². The van der Waals surface area contributed by atoms with Gasteiger partial charge in [-0.1, -0.05) is 18.2 Å². The van der Waals surface area contributed by atoms with Crippen molar-refractivity contribution in [2.24, 2.45) is 0 Å². The van der Waals surface area contributed by atoms with Gasteiger partial charge in [0, 0.05) is 31.5 Å². The first-order valence-corrected chi connectivity index (χ1v) is 5.98. The molecule has 0 radical (unpaired) electrons. The number of hydrogen-bond donors (Lipinski definition) is 1. The summed E-state index contributed by atoms with van der Waals surface area (Å²) < 4.78 is 45.0. The van der Waals surface area contributed by atoms with E-state index in [0.717, 1.165) is 11.3 Å². The summed E-state index contributed by atoms with van der Waals surface area (Å²) in [6.07, 6.45) is -3.74. The van der Waals surface area contributed by atoms with Gasteiger partial charge in [0.05, 0.1) is 6.61 Å². The van der Waals surface area contributed by atoms with E-state index in [9.17, 15) is 13.2 Å². The van der Waals surface area contributed by atoms with Gasteiger partial charge in [-0.25, -0.2) is 0 Å². The quantitative estimate of drug-likeness (QED) is 0.740. The number of nitrogens with one attached hydrogen (secondary N) is 1. The number of halogens is 3. The first kappa shape index (κ1) is 15.8. The molecular weight excluding hydrogens is 259 g/mol. The predicted molar refractivity (Wildman–Crippen MR) is 67.1 cm³/mol. The summed E-state index contributed by atoms with van der Waals surface area (Å²) in [4.78, 5) is 0. The van der Waals surface area contributed by atoms with Gasteiger partial charge in [-0.3, -0.25) is 0 Å². The van der Waals surface area contributed by atoms with Gasteiger partial charge < -0.3 is 14.8 Å². The molecule has 0 amide bonds. The molecule has 1 rings (SSSR count). The second-order valence-corrected chi connectivity index (χ2v) is 4.04. The second kappa shape index (κ2) is 8.01. The van der Waals surface area contributed by atoms with E-state index in [1.807, 2.05) is 24.3 Å². The van der Waals surface area contributed by atoms with E-state index in [1.165, 1.54) is 0 Å². The van der Waals surface area contributed by atoms with Gasteiger partial charge in [-0.2, -0.15) is 13.2 Å². The number of anilines is 1. The fourth-order valence-electron chi connectivity index (χ4n) is 1.56. The number of ether oxygens (including phenoxy) is 2. The molecule has 0 aliphatic carbocycles. The maximum Gasteiger partial charge on any atom is 0.411 e. The lowest BCUT2D eigenvalue weighted by Crippen LogP contribution is -2.18. The molecule has 0 spiro atoms. The number of hydrogen-bond acceptors (Lipinski definition) is 3. The van der Waals surface area contributed by atoms with E-state index in [0.29, 0.717) is 19.6 Å². The largest absolute Gasteiger partial charge is 0.411 e. The zero-order chi connectivity index (χ0) is 14.1. The van der Waals surface area contributed by atoms with Crippen molar-refractivity contribution < 1.29 is 22.6 Å². The van der Waals surface area contributed by atoms with Crippen LogP contribution in [0, 0.1) is 0 Å². The molecule has 19 heavy (non-hydrogen) atoms. The summed E-state index contributed by atoms with van der Waals surface area (Å²) in [7, 11) is 1.61. The van der Waals surface area contributed by atoms with Crippen LogP contribution in [-0.2, 0) is 16.1 Å². The van der Waals surface area contributed by atoms with Crippen molar-refractivity contribution in [1.29, 1.82) is 0 Å². The zero-order valence-electron chi connectivity index (χ0n) is 10.8. The van der Waals surface area contributed by atoms with Crippen molar-refractivity contribution in [3.63, 3.8) is 0 Å². The predicted octanol–water partition coefficient (Wildman–Crippen LogP) is 3.21. The maximum atomic E-state index is 11.8.